The van der Waals surface area contributed by atoms with Crippen molar-refractivity contribution in [2.45, 2.75) is 105 Å². The topological polar surface area (TPSA) is 151 Å². The number of nitrogen functional groups attached to an aromatic ring is 1. The van der Waals surface area contributed by atoms with Gasteiger partial charge in [0.25, 0.3) is 5.95 Å². The van der Waals surface area contributed by atoms with E-state index in [4.69, 9.17) is 20.9 Å². The summed E-state index contributed by atoms with van der Waals surface area (Å²) in [5.74, 6) is 0.266. The van der Waals surface area contributed by atoms with Gasteiger partial charge in [-0.15, -0.1) is 5.10 Å². The van der Waals surface area contributed by atoms with E-state index in [2.05, 4.69) is 70.0 Å². The molecule has 4 aliphatic carbocycles. The van der Waals surface area contributed by atoms with Gasteiger partial charge in [0.1, 0.15) is 6.04 Å². The Morgan fingerprint density at radius 2 is 1.82 bits per heavy atom. The molecular formula is C39H58N6O4. The molecule has 0 amide bonds. The number of hydrogen-bond acceptors (Lipinski definition) is 8. The van der Waals surface area contributed by atoms with E-state index in [-0.39, 0.29) is 52.2 Å². The zero-order valence-corrected chi connectivity index (χ0v) is 30.6. The predicted molar refractivity (Wildman–Crippen MR) is 188 cm³/mol. The molecule has 10 nitrogen and oxygen atoms in total. The molecule has 12 atom stereocenters. The van der Waals surface area contributed by atoms with E-state index in [9.17, 15) is 9.90 Å². The van der Waals surface area contributed by atoms with Gasteiger partial charge in [0.2, 0.25) is 0 Å². The van der Waals surface area contributed by atoms with Gasteiger partial charge in [-0.1, -0.05) is 95.5 Å². The monoisotopic (exact) mass is 674 g/mol. The molecule has 1 saturated heterocycles. The van der Waals surface area contributed by atoms with Crippen molar-refractivity contribution in [1.82, 2.24) is 20.2 Å². The second kappa shape index (κ2) is 11.9. The first-order valence-corrected chi connectivity index (χ1v) is 18.6. The van der Waals surface area contributed by atoms with Crippen molar-refractivity contribution in [1.29, 1.82) is 0 Å². The van der Waals surface area contributed by atoms with E-state index in [0.717, 1.165) is 37.7 Å². The molecule has 5 N–H and O–H groups in total. The highest BCUT2D eigenvalue weighted by atomic mass is 16.5. The van der Waals surface area contributed by atoms with Crippen LogP contribution in [0.3, 0.4) is 0 Å². The lowest BCUT2D eigenvalue weighted by Crippen LogP contribution is -2.70. The maximum atomic E-state index is 13.5. The van der Waals surface area contributed by atoms with Crippen LogP contribution in [0.4, 0.5) is 5.95 Å². The standard InChI is InChI=1S/C39H58N6O4/c1-23(2)24(3)36(5)17-18-37(6)26-13-14-30-35(4)19-29(45-43-34(41)42-44-45)32(49-20-28(40)25-11-9-8-10-12-25)39(30,22-48-21-35)27(26)15-16-38(37,7)31(36)33(46)47/h8-12,15,23-24,26,28-32H,13-14,16-22,40H2,1-7H3,(H2,41,43)(H,46,47)/t24-,26+,28-,29-,30-,31-,32+,35-,36-,37-,38+,39+/m1/s1. The molecule has 10 heteroatoms. The number of nitrogens with zero attached hydrogens (tertiary/aromatic N) is 4. The number of anilines is 1. The lowest BCUT2D eigenvalue weighted by molar-refractivity contribution is -0.253. The first-order valence-electron chi connectivity index (χ1n) is 18.6. The van der Waals surface area contributed by atoms with E-state index < -0.39 is 22.7 Å². The number of carboxylic acids is 1. The number of tetrazole rings is 1. The molecule has 4 fully saturated rings. The fourth-order valence-corrected chi connectivity index (χ4v) is 12.5. The summed E-state index contributed by atoms with van der Waals surface area (Å²) in [7, 11) is 0. The number of nitrogens with two attached hydrogens (primary N) is 2. The molecule has 2 aromatic rings. The average molecular weight is 675 g/mol. The first kappa shape index (κ1) is 34.6. The van der Waals surface area contributed by atoms with Crippen molar-refractivity contribution in [2.75, 3.05) is 25.6 Å². The molecule has 0 spiro atoms. The summed E-state index contributed by atoms with van der Waals surface area (Å²) in [6.07, 6.45) is 7.59. The van der Waals surface area contributed by atoms with Crippen LogP contribution in [0.15, 0.2) is 42.0 Å². The number of fused-ring (bicyclic) bond motifs is 3. The Labute approximate surface area is 291 Å². The number of aromatic nitrogens is 4. The van der Waals surface area contributed by atoms with Crippen LogP contribution in [-0.2, 0) is 14.3 Å². The molecular weight excluding hydrogens is 616 g/mol. The summed E-state index contributed by atoms with van der Waals surface area (Å²) >= 11 is 0. The summed E-state index contributed by atoms with van der Waals surface area (Å²) in [5.41, 5.74) is 13.8. The molecule has 1 aromatic carbocycles. The number of ether oxygens (including phenoxy) is 2. The normalized spacial score (nSPS) is 42.7. The Hall–Kier alpha value is -2.82. The number of allylic oxidation sites excluding steroid dienone is 1. The third-order valence-electron chi connectivity index (χ3n) is 15.4. The molecule has 268 valence electrons. The summed E-state index contributed by atoms with van der Waals surface area (Å²) in [4.78, 5) is 15.2. The van der Waals surface area contributed by atoms with Crippen LogP contribution in [0.2, 0.25) is 0 Å². The maximum Gasteiger partial charge on any atom is 0.307 e. The SMILES string of the molecule is CC(C)[C@@H](C)[C@@]1(C)CC[C@]2(C)[C@H]3CC[C@@H]4[C@@]5(C)COC[C@@]4(C3=CC[C@@]2(C)[C@@H]1C(=O)O)[C@@H](OC[C@@H](N)c1ccccc1)[C@H](n1nnc(N)n1)C5. The molecule has 2 bridgehead atoms. The molecule has 0 unspecified atom stereocenters. The largest absolute Gasteiger partial charge is 0.481 e. The van der Waals surface area contributed by atoms with Crippen LogP contribution in [0.1, 0.15) is 105 Å². The van der Waals surface area contributed by atoms with Crippen molar-refractivity contribution >= 4 is 11.9 Å². The van der Waals surface area contributed by atoms with Crippen LogP contribution in [0, 0.1) is 56.7 Å². The molecule has 5 aliphatic rings. The maximum absolute atomic E-state index is 13.5. The number of benzene rings is 1. The summed E-state index contributed by atoms with van der Waals surface area (Å²) in [6, 6.07) is 9.58. The number of rotatable bonds is 8. The van der Waals surface area contributed by atoms with E-state index in [0.29, 0.717) is 38.1 Å². The number of carboxylic acid groups (broad SMARTS) is 1. The molecule has 3 saturated carbocycles. The zero-order valence-electron chi connectivity index (χ0n) is 30.6. The number of aliphatic carboxylic acids is 1. The number of hydrogen-bond donors (Lipinski definition) is 3. The Kier molecular flexibility index (Phi) is 8.39. The van der Waals surface area contributed by atoms with E-state index in [1.165, 1.54) is 5.57 Å². The smallest absolute Gasteiger partial charge is 0.307 e. The van der Waals surface area contributed by atoms with Crippen LogP contribution in [0.25, 0.3) is 0 Å². The van der Waals surface area contributed by atoms with Gasteiger partial charge in [0.15, 0.2) is 0 Å². The Balaban J connectivity index is 1.36. The predicted octanol–water partition coefficient (Wildman–Crippen LogP) is 6.47. The van der Waals surface area contributed by atoms with Gasteiger partial charge in [0.05, 0.1) is 37.9 Å². The van der Waals surface area contributed by atoms with Crippen molar-refractivity contribution in [2.24, 2.45) is 62.4 Å². The average Bonchev–Trinajstić information content (AvgIpc) is 3.50. The van der Waals surface area contributed by atoms with Gasteiger partial charge < -0.3 is 26.0 Å². The minimum absolute atomic E-state index is 0.137. The lowest BCUT2D eigenvalue weighted by atomic mass is 9.34. The fraction of sp³-hybridized carbons (Fsp3) is 0.744. The summed E-state index contributed by atoms with van der Waals surface area (Å²) in [5, 5.41) is 24.2. The van der Waals surface area contributed by atoms with Crippen LogP contribution >= 0.6 is 0 Å². The van der Waals surface area contributed by atoms with Gasteiger partial charge in [-0.2, -0.15) is 4.80 Å². The van der Waals surface area contributed by atoms with Crippen molar-refractivity contribution < 1.29 is 19.4 Å². The lowest BCUT2D eigenvalue weighted by Gasteiger charge is -2.71. The molecule has 1 aliphatic heterocycles. The Morgan fingerprint density at radius 1 is 1.08 bits per heavy atom. The minimum atomic E-state index is -0.649. The summed E-state index contributed by atoms with van der Waals surface area (Å²) < 4.78 is 13.8. The molecule has 49 heavy (non-hydrogen) atoms. The second-order valence-electron chi connectivity index (χ2n) is 17.9. The van der Waals surface area contributed by atoms with Crippen molar-refractivity contribution in [3.8, 4) is 0 Å². The van der Waals surface area contributed by atoms with Gasteiger partial charge >= 0.3 is 5.97 Å². The van der Waals surface area contributed by atoms with E-state index in [1.54, 1.807) is 4.80 Å². The summed E-state index contributed by atoms with van der Waals surface area (Å²) in [6.45, 7) is 17.6. The highest BCUT2D eigenvalue weighted by Crippen LogP contribution is 2.75. The Morgan fingerprint density at radius 3 is 2.47 bits per heavy atom. The molecule has 1 aromatic heterocycles. The Bertz CT molecular complexity index is 1600. The van der Waals surface area contributed by atoms with E-state index in [1.807, 2.05) is 30.3 Å². The highest BCUT2D eigenvalue weighted by Gasteiger charge is 2.72. The molecule has 2 heterocycles. The minimum Gasteiger partial charge on any atom is -0.481 e. The van der Waals surface area contributed by atoms with Gasteiger partial charge in [-0.05, 0) is 94.6 Å². The van der Waals surface area contributed by atoms with Crippen molar-refractivity contribution in [3.05, 3.63) is 47.5 Å². The fourth-order valence-electron chi connectivity index (χ4n) is 12.5. The van der Waals surface area contributed by atoms with Gasteiger partial charge in [-0.3, -0.25) is 4.79 Å². The highest BCUT2D eigenvalue weighted by molar-refractivity contribution is 5.73. The zero-order chi connectivity index (χ0) is 35.1. The first-order chi connectivity index (χ1) is 23.1. The molecule has 0 radical (unpaired) electrons. The van der Waals surface area contributed by atoms with Gasteiger partial charge in [-0.25, -0.2) is 0 Å². The van der Waals surface area contributed by atoms with E-state index >= 15 is 0 Å². The third-order valence-corrected chi connectivity index (χ3v) is 15.4. The van der Waals surface area contributed by atoms with Crippen LogP contribution in [-0.4, -0.2) is 57.2 Å². The molecule has 7 rings (SSSR count). The van der Waals surface area contributed by atoms with Crippen molar-refractivity contribution in [3.63, 3.8) is 0 Å². The van der Waals surface area contributed by atoms with Crippen LogP contribution in [0.5, 0.6) is 0 Å². The number of carbonyl (C=O) groups is 1. The van der Waals surface area contributed by atoms with Crippen LogP contribution < -0.4 is 11.5 Å². The second-order valence-corrected chi connectivity index (χ2v) is 17.9. The third kappa shape index (κ3) is 4.90. The van der Waals surface area contributed by atoms with Gasteiger partial charge in [0, 0.05) is 5.41 Å². The quantitative estimate of drug-likeness (QED) is 0.268.